The molecule has 0 spiro atoms. The van der Waals surface area contributed by atoms with Gasteiger partial charge in [0.25, 0.3) is 0 Å². The van der Waals surface area contributed by atoms with Crippen LogP contribution < -0.4 is 5.32 Å². The topological polar surface area (TPSA) is 55.6 Å². The zero-order valence-corrected chi connectivity index (χ0v) is 9.12. The molecular formula is C8H14F3N5. The summed E-state index contributed by atoms with van der Waals surface area (Å²) in [4.78, 5) is 0. The van der Waals surface area contributed by atoms with Crippen LogP contribution in [0.25, 0.3) is 0 Å². The van der Waals surface area contributed by atoms with Gasteiger partial charge in [0.05, 0.1) is 19.0 Å². The molecule has 0 saturated carbocycles. The Hall–Kier alpha value is -1.18. The number of nitrogens with zero attached hydrogens (tertiary/aromatic N) is 4. The van der Waals surface area contributed by atoms with Gasteiger partial charge in [0.15, 0.2) is 5.82 Å². The van der Waals surface area contributed by atoms with E-state index < -0.39 is 12.6 Å². The molecule has 0 amide bonds. The molecule has 0 aromatic carbocycles. The van der Waals surface area contributed by atoms with Gasteiger partial charge in [-0.15, -0.1) is 5.10 Å². The van der Waals surface area contributed by atoms with Crippen molar-refractivity contribution in [3.05, 3.63) is 5.82 Å². The summed E-state index contributed by atoms with van der Waals surface area (Å²) in [5.41, 5.74) is 0. The first-order chi connectivity index (χ1) is 7.44. The number of hydrogen-bond acceptors (Lipinski definition) is 4. The van der Waals surface area contributed by atoms with Crippen molar-refractivity contribution in [2.45, 2.75) is 39.0 Å². The Morgan fingerprint density at radius 3 is 2.69 bits per heavy atom. The van der Waals surface area contributed by atoms with E-state index in [1.54, 1.807) is 6.92 Å². The SMILES string of the molecule is CCNC(C)c1nnnn1CCC(F)(F)F. The van der Waals surface area contributed by atoms with Crippen LogP contribution in [0.2, 0.25) is 0 Å². The highest BCUT2D eigenvalue weighted by atomic mass is 19.4. The van der Waals surface area contributed by atoms with E-state index in [1.165, 1.54) is 4.68 Å². The van der Waals surface area contributed by atoms with E-state index in [9.17, 15) is 13.2 Å². The zero-order valence-electron chi connectivity index (χ0n) is 9.12. The first kappa shape index (κ1) is 12.9. The molecule has 1 aromatic heterocycles. The van der Waals surface area contributed by atoms with Crippen molar-refractivity contribution in [2.24, 2.45) is 0 Å². The molecule has 0 fully saturated rings. The van der Waals surface area contributed by atoms with Crippen molar-refractivity contribution >= 4 is 0 Å². The molecule has 0 bridgehead atoms. The van der Waals surface area contributed by atoms with Gasteiger partial charge < -0.3 is 5.32 Å². The van der Waals surface area contributed by atoms with Crippen LogP contribution in [0, 0.1) is 0 Å². The molecule has 0 saturated heterocycles. The van der Waals surface area contributed by atoms with E-state index >= 15 is 0 Å². The predicted molar refractivity (Wildman–Crippen MR) is 50.6 cm³/mol. The maximum absolute atomic E-state index is 12.0. The number of hydrogen-bond donors (Lipinski definition) is 1. The monoisotopic (exact) mass is 237 g/mol. The average molecular weight is 237 g/mol. The molecule has 0 aliphatic heterocycles. The van der Waals surface area contributed by atoms with E-state index in [4.69, 9.17) is 0 Å². The molecule has 1 atom stereocenters. The maximum atomic E-state index is 12.0. The van der Waals surface area contributed by atoms with Gasteiger partial charge in [0, 0.05) is 0 Å². The normalized spacial score (nSPS) is 14.1. The second kappa shape index (κ2) is 5.24. The van der Waals surface area contributed by atoms with Gasteiger partial charge in [-0.3, -0.25) is 0 Å². The maximum Gasteiger partial charge on any atom is 0.390 e. The van der Waals surface area contributed by atoms with Gasteiger partial charge in [0.2, 0.25) is 0 Å². The van der Waals surface area contributed by atoms with Gasteiger partial charge >= 0.3 is 6.18 Å². The highest BCUT2D eigenvalue weighted by molar-refractivity contribution is 4.89. The summed E-state index contributed by atoms with van der Waals surface area (Å²) in [6.07, 6.45) is -5.12. The number of aryl methyl sites for hydroxylation is 1. The minimum atomic E-state index is -4.19. The Bertz CT molecular complexity index is 322. The van der Waals surface area contributed by atoms with E-state index in [1.807, 2.05) is 6.92 Å². The lowest BCUT2D eigenvalue weighted by Gasteiger charge is -2.12. The number of rotatable bonds is 5. The van der Waals surface area contributed by atoms with Gasteiger partial charge in [0.1, 0.15) is 0 Å². The summed E-state index contributed by atoms with van der Waals surface area (Å²) in [7, 11) is 0. The lowest BCUT2D eigenvalue weighted by atomic mass is 10.3. The Morgan fingerprint density at radius 2 is 2.12 bits per heavy atom. The molecule has 1 N–H and O–H groups in total. The van der Waals surface area contributed by atoms with E-state index in [0.717, 1.165) is 0 Å². The van der Waals surface area contributed by atoms with Gasteiger partial charge in [-0.1, -0.05) is 6.92 Å². The van der Waals surface area contributed by atoms with E-state index in [0.29, 0.717) is 12.4 Å². The quantitative estimate of drug-likeness (QED) is 0.838. The molecule has 0 aliphatic carbocycles. The fourth-order valence-electron chi connectivity index (χ4n) is 1.31. The standard InChI is InChI=1S/C8H14F3N5/c1-3-12-6(2)7-13-14-15-16(7)5-4-8(9,10)11/h6,12H,3-5H2,1-2H3. The third-order valence-corrected chi connectivity index (χ3v) is 2.06. The smallest absolute Gasteiger partial charge is 0.308 e. The molecule has 16 heavy (non-hydrogen) atoms. The van der Waals surface area contributed by atoms with Gasteiger partial charge in [-0.2, -0.15) is 13.2 Å². The Morgan fingerprint density at radius 1 is 1.44 bits per heavy atom. The molecular weight excluding hydrogens is 223 g/mol. The van der Waals surface area contributed by atoms with Crippen molar-refractivity contribution in [1.29, 1.82) is 0 Å². The summed E-state index contributed by atoms with van der Waals surface area (Å²) >= 11 is 0. The molecule has 1 unspecified atom stereocenters. The number of alkyl halides is 3. The van der Waals surface area contributed by atoms with Crippen molar-refractivity contribution in [3.63, 3.8) is 0 Å². The highest BCUT2D eigenvalue weighted by Crippen LogP contribution is 2.20. The number of aromatic nitrogens is 4. The second-order valence-electron chi connectivity index (χ2n) is 3.40. The van der Waals surface area contributed by atoms with Crippen molar-refractivity contribution < 1.29 is 13.2 Å². The van der Waals surface area contributed by atoms with Crippen LogP contribution in [-0.4, -0.2) is 32.9 Å². The lowest BCUT2D eigenvalue weighted by Crippen LogP contribution is -2.23. The van der Waals surface area contributed by atoms with Crippen molar-refractivity contribution in [2.75, 3.05) is 6.54 Å². The minimum Gasteiger partial charge on any atom is -0.308 e. The molecule has 92 valence electrons. The first-order valence-corrected chi connectivity index (χ1v) is 5.00. The van der Waals surface area contributed by atoms with Crippen molar-refractivity contribution in [3.8, 4) is 0 Å². The third-order valence-electron chi connectivity index (χ3n) is 2.06. The van der Waals surface area contributed by atoms with Crippen LogP contribution in [-0.2, 0) is 6.54 Å². The molecule has 5 nitrogen and oxygen atoms in total. The van der Waals surface area contributed by atoms with Crippen LogP contribution in [0.5, 0.6) is 0 Å². The highest BCUT2D eigenvalue weighted by Gasteiger charge is 2.28. The third kappa shape index (κ3) is 3.76. The van der Waals surface area contributed by atoms with E-state index in [-0.39, 0.29) is 12.6 Å². The largest absolute Gasteiger partial charge is 0.390 e. The number of nitrogens with one attached hydrogen (secondary N) is 1. The Kier molecular flexibility index (Phi) is 4.22. The van der Waals surface area contributed by atoms with Gasteiger partial charge in [-0.25, -0.2) is 4.68 Å². The number of tetrazole rings is 1. The molecule has 0 radical (unpaired) electrons. The fraction of sp³-hybridized carbons (Fsp3) is 0.875. The minimum absolute atomic E-state index is 0.159. The van der Waals surface area contributed by atoms with Crippen LogP contribution in [0.1, 0.15) is 32.1 Å². The molecule has 1 aromatic rings. The van der Waals surface area contributed by atoms with Crippen LogP contribution >= 0.6 is 0 Å². The summed E-state index contributed by atoms with van der Waals surface area (Å²) < 4.78 is 37.3. The summed E-state index contributed by atoms with van der Waals surface area (Å²) in [6.45, 7) is 4.16. The second-order valence-corrected chi connectivity index (χ2v) is 3.40. The summed E-state index contributed by atoms with van der Waals surface area (Å²) in [5, 5.41) is 13.7. The summed E-state index contributed by atoms with van der Waals surface area (Å²) in [5.74, 6) is 0.422. The summed E-state index contributed by atoms with van der Waals surface area (Å²) in [6, 6.07) is -0.159. The van der Waals surface area contributed by atoms with E-state index in [2.05, 4.69) is 20.8 Å². The van der Waals surface area contributed by atoms with Crippen LogP contribution in [0.3, 0.4) is 0 Å². The Labute approximate surface area is 91.0 Å². The molecule has 8 heteroatoms. The number of halogens is 3. The van der Waals surface area contributed by atoms with Gasteiger partial charge in [-0.05, 0) is 23.9 Å². The molecule has 1 rings (SSSR count). The van der Waals surface area contributed by atoms with Crippen molar-refractivity contribution in [1.82, 2.24) is 25.5 Å². The first-order valence-electron chi connectivity index (χ1n) is 5.00. The molecule has 1 heterocycles. The van der Waals surface area contributed by atoms with Crippen LogP contribution in [0.15, 0.2) is 0 Å². The Balaban J connectivity index is 2.63. The molecule has 0 aliphatic rings. The lowest BCUT2D eigenvalue weighted by molar-refractivity contribution is -0.137. The van der Waals surface area contributed by atoms with Crippen LogP contribution in [0.4, 0.5) is 13.2 Å². The fourth-order valence-corrected chi connectivity index (χ4v) is 1.31. The average Bonchev–Trinajstić information content (AvgIpc) is 2.61. The zero-order chi connectivity index (χ0) is 12.2. The predicted octanol–water partition coefficient (Wildman–Crippen LogP) is 1.30.